The Morgan fingerprint density at radius 2 is 2.11 bits per heavy atom. The fraction of sp³-hybridized carbons (Fsp3) is 0.714. The zero-order valence-electron chi connectivity index (χ0n) is 11.7. The monoisotopic (exact) mass is 248 g/mol. The maximum Gasteiger partial charge on any atom is 0.134 e. The van der Waals surface area contributed by atoms with Gasteiger partial charge in [0.1, 0.15) is 17.5 Å². The molecule has 1 saturated carbocycles. The first-order chi connectivity index (χ1) is 8.72. The lowest BCUT2D eigenvalue weighted by molar-refractivity contribution is 0.696. The molecular weight excluding hydrogens is 224 g/mol. The lowest BCUT2D eigenvalue weighted by atomic mass is 10.3. The maximum atomic E-state index is 4.59. The highest BCUT2D eigenvalue weighted by atomic mass is 15.2. The number of hydrogen-bond acceptors (Lipinski definition) is 4. The molecule has 4 heteroatoms. The molecule has 1 aliphatic carbocycles. The van der Waals surface area contributed by atoms with Crippen molar-refractivity contribution < 1.29 is 0 Å². The van der Waals surface area contributed by atoms with E-state index in [4.69, 9.17) is 0 Å². The molecule has 1 aliphatic rings. The van der Waals surface area contributed by atoms with Gasteiger partial charge in [-0.25, -0.2) is 9.97 Å². The van der Waals surface area contributed by atoms with Crippen LogP contribution in [0.4, 0.5) is 11.6 Å². The number of aryl methyl sites for hydroxylation is 1. The minimum absolute atomic E-state index is 0.848. The summed E-state index contributed by atoms with van der Waals surface area (Å²) in [7, 11) is 0. The molecule has 0 aliphatic heterocycles. The lowest BCUT2D eigenvalue weighted by Gasteiger charge is -2.23. The van der Waals surface area contributed by atoms with E-state index < -0.39 is 0 Å². The fourth-order valence-corrected chi connectivity index (χ4v) is 2.17. The van der Waals surface area contributed by atoms with Crippen molar-refractivity contribution >= 4 is 11.6 Å². The van der Waals surface area contributed by atoms with Crippen LogP contribution in [0, 0.1) is 12.8 Å². The summed E-state index contributed by atoms with van der Waals surface area (Å²) in [5.41, 5.74) is 0. The number of aromatic nitrogens is 2. The molecule has 0 atom stereocenters. The Labute approximate surface area is 110 Å². The SMILES string of the molecule is CCCN(CC1CC1)c1cc(NCC)nc(C)n1. The van der Waals surface area contributed by atoms with Crippen LogP contribution >= 0.6 is 0 Å². The molecule has 0 aromatic carbocycles. The number of nitrogens with zero attached hydrogens (tertiary/aromatic N) is 3. The molecule has 18 heavy (non-hydrogen) atoms. The summed E-state index contributed by atoms with van der Waals surface area (Å²) >= 11 is 0. The van der Waals surface area contributed by atoms with Gasteiger partial charge in [0.15, 0.2) is 0 Å². The minimum Gasteiger partial charge on any atom is -0.370 e. The van der Waals surface area contributed by atoms with E-state index in [0.29, 0.717) is 0 Å². The first-order valence-electron chi connectivity index (χ1n) is 7.07. The minimum atomic E-state index is 0.848. The summed E-state index contributed by atoms with van der Waals surface area (Å²) in [5, 5.41) is 3.28. The molecule has 0 bridgehead atoms. The van der Waals surface area contributed by atoms with Crippen LogP contribution in [0.3, 0.4) is 0 Å². The fourth-order valence-electron chi connectivity index (χ4n) is 2.17. The van der Waals surface area contributed by atoms with Crippen molar-refractivity contribution in [3.8, 4) is 0 Å². The first kappa shape index (κ1) is 13.1. The number of hydrogen-bond donors (Lipinski definition) is 1. The van der Waals surface area contributed by atoms with E-state index in [1.54, 1.807) is 0 Å². The molecule has 0 radical (unpaired) electrons. The van der Waals surface area contributed by atoms with Crippen LogP contribution in [-0.2, 0) is 0 Å². The number of rotatable bonds is 7. The second-order valence-corrected chi connectivity index (χ2v) is 5.08. The summed E-state index contributed by atoms with van der Waals surface area (Å²) in [4.78, 5) is 11.4. The van der Waals surface area contributed by atoms with Crippen LogP contribution < -0.4 is 10.2 Å². The molecule has 1 aromatic heterocycles. The van der Waals surface area contributed by atoms with Crippen molar-refractivity contribution in [1.82, 2.24) is 9.97 Å². The highest BCUT2D eigenvalue weighted by molar-refractivity contribution is 5.49. The Hall–Kier alpha value is -1.32. The average molecular weight is 248 g/mol. The van der Waals surface area contributed by atoms with Crippen molar-refractivity contribution in [3.05, 3.63) is 11.9 Å². The van der Waals surface area contributed by atoms with Gasteiger partial charge in [0.2, 0.25) is 0 Å². The molecule has 1 fully saturated rings. The molecule has 0 unspecified atom stereocenters. The topological polar surface area (TPSA) is 41.0 Å². The van der Waals surface area contributed by atoms with Crippen molar-refractivity contribution in [2.24, 2.45) is 5.92 Å². The van der Waals surface area contributed by atoms with Gasteiger partial charge in [-0.05, 0) is 39.0 Å². The molecule has 4 nitrogen and oxygen atoms in total. The molecule has 1 heterocycles. The molecule has 0 saturated heterocycles. The Morgan fingerprint density at radius 1 is 1.33 bits per heavy atom. The van der Waals surface area contributed by atoms with Crippen LogP contribution in [0.2, 0.25) is 0 Å². The Bertz CT molecular complexity index is 387. The molecule has 0 spiro atoms. The average Bonchev–Trinajstić information content (AvgIpc) is 3.12. The zero-order valence-corrected chi connectivity index (χ0v) is 11.7. The van der Waals surface area contributed by atoms with Gasteiger partial charge in [-0.3, -0.25) is 0 Å². The van der Waals surface area contributed by atoms with Crippen LogP contribution in [0.5, 0.6) is 0 Å². The van der Waals surface area contributed by atoms with Crippen molar-refractivity contribution in [2.75, 3.05) is 29.9 Å². The third-order valence-corrected chi connectivity index (χ3v) is 3.18. The summed E-state index contributed by atoms with van der Waals surface area (Å²) in [5.74, 6) is 3.75. The van der Waals surface area contributed by atoms with Gasteiger partial charge in [0.05, 0.1) is 0 Å². The third kappa shape index (κ3) is 3.59. The Balaban J connectivity index is 2.15. The molecule has 1 aromatic rings. The predicted octanol–water partition coefficient (Wildman–Crippen LogP) is 2.84. The number of anilines is 2. The smallest absolute Gasteiger partial charge is 0.134 e. The van der Waals surface area contributed by atoms with Gasteiger partial charge in [-0.1, -0.05) is 6.92 Å². The van der Waals surface area contributed by atoms with E-state index in [1.165, 1.54) is 12.8 Å². The highest BCUT2D eigenvalue weighted by Crippen LogP contribution is 2.31. The molecule has 100 valence electrons. The first-order valence-corrected chi connectivity index (χ1v) is 7.07. The Kier molecular flexibility index (Phi) is 4.39. The zero-order chi connectivity index (χ0) is 13.0. The summed E-state index contributed by atoms with van der Waals surface area (Å²) in [6.45, 7) is 9.40. The third-order valence-electron chi connectivity index (χ3n) is 3.18. The van der Waals surface area contributed by atoms with Crippen molar-refractivity contribution in [3.63, 3.8) is 0 Å². The van der Waals surface area contributed by atoms with E-state index in [9.17, 15) is 0 Å². The van der Waals surface area contributed by atoms with Gasteiger partial charge < -0.3 is 10.2 Å². The summed E-state index contributed by atoms with van der Waals surface area (Å²) < 4.78 is 0. The van der Waals surface area contributed by atoms with Crippen LogP contribution in [0.15, 0.2) is 6.07 Å². The summed E-state index contributed by atoms with van der Waals surface area (Å²) in [6, 6.07) is 2.08. The highest BCUT2D eigenvalue weighted by Gasteiger charge is 2.24. The van der Waals surface area contributed by atoms with E-state index in [1.807, 2.05) is 6.92 Å². The van der Waals surface area contributed by atoms with Gasteiger partial charge in [-0.2, -0.15) is 0 Å². The van der Waals surface area contributed by atoms with Gasteiger partial charge >= 0.3 is 0 Å². The van der Waals surface area contributed by atoms with E-state index in [0.717, 1.165) is 49.4 Å². The normalized spacial score (nSPS) is 14.6. The molecule has 2 rings (SSSR count). The van der Waals surface area contributed by atoms with Crippen molar-refractivity contribution in [2.45, 2.75) is 40.0 Å². The van der Waals surface area contributed by atoms with Crippen LogP contribution in [-0.4, -0.2) is 29.6 Å². The second kappa shape index (κ2) is 6.03. The van der Waals surface area contributed by atoms with Gasteiger partial charge in [0.25, 0.3) is 0 Å². The molecular formula is C14H24N4. The second-order valence-electron chi connectivity index (χ2n) is 5.08. The van der Waals surface area contributed by atoms with E-state index >= 15 is 0 Å². The standard InChI is InChI=1S/C14H24N4/c1-4-8-18(10-12-6-7-12)14-9-13(15-5-2)16-11(3)17-14/h9,12H,4-8,10H2,1-3H3,(H,15,16,17). The summed E-state index contributed by atoms with van der Waals surface area (Å²) in [6.07, 6.45) is 3.92. The predicted molar refractivity (Wildman–Crippen MR) is 76.2 cm³/mol. The molecule has 1 N–H and O–H groups in total. The molecule has 0 amide bonds. The van der Waals surface area contributed by atoms with Gasteiger partial charge in [-0.15, -0.1) is 0 Å². The van der Waals surface area contributed by atoms with Crippen LogP contribution in [0.1, 0.15) is 38.9 Å². The van der Waals surface area contributed by atoms with Crippen LogP contribution in [0.25, 0.3) is 0 Å². The maximum absolute atomic E-state index is 4.59. The van der Waals surface area contributed by atoms with Crippen molar-refractivity contribution in [1.29, 1.82) is 0 Å². The van der Waals surface area contributed by atoms with Gasteiger partial charge in [0, 0.05) is 25.7 Å². The Morgan fingerprint density at radius 3 is 2.72 bits per heavy atom. The largest absolute Gasteiger partial charge is 0.370 e. The van der Waals surface area contributed by atoms with E-state index in [-0.39, 0.29) is 0 Å². The quantitative estimate of drug-likeness (QED) is 0.805. The lowest BCUT2D eigenvalue weighted by Crippen LogP contribution is -2.28. The van der Waals surface area contributed by atoms with E-state index in [2.05, 4.69) is 40.1 Å². The number of nitrogens with one attached hydrogen (secondary N) is 1.